The fourth-order valence-corrected chi connectivity index (χ4v) is 2.48. The number of amides is 1. The number of carbonyl (C=O) groups is 1. The second kappa shape index (κ2) is 8.15. The molecule has 1 heterocycles. The molecule has 0 saturated carbocycles. The molecule has 0 fully saturated rings. The summed E-state index contributed by atoms with van der Waals surface area (Å²) in [6, 6.07) is 18.0. The Morgan fingerprint density at radius 2 is 1.72 bits per heavy atom. The number of benzene rings is 2. The van der Waals surface area contributed by atoms with Crippen LogP contribution in [-0.2, 0) is 17.9 Å². The van der Waals surface area contributed by atoms with Gasteiger partial charge >= 0.3 is 0 Å². The lowest BCUT2D eigenvalue weighted by molar-refractivity contribution is -0.115. The summed E-state index contributed by atoms with van der Waals surface area (Å²) in [5.74, 6) is 0.0199. The van der Waals surface area contributed by atoms with Crippen molar-refractivity contribution in [2.75, 3.05) is 10.6 Å². The van der Waals surface area contributed by atoms with Gasteiger partial charge in [0.15, 0.2) is 0 Å². The molecule has 0 atom stereocenters. The Morgan fingerprint density at radius 1 is 1.00 bits per heavy atom. The fraction of sp³-hybridized carbons (Fsp3) is 0.200. The molecule has 5 nitrogen and oxygen atoms in total. The van der Waals surface area contributed by atoms with E-state index in [1.807, 2.05) is 60.3 Å². The van der Waals surface area contributed by atoms with Crippen molar-refractivity contribution in [3.8, 4) is 0 Å². The lowest BCUT2D eigenvalue weighted by atomic mass is 10.2. The fourth-order valence-electron chi connectivity index (χ4n) is 2.48. The van der Waals surface area contributed by atoms with Crippen LogP contribution in [0.5, 0.6) is 0 Å². The highest BCUT2D eigenvalue weighted by Crippen LogP contribution is 2.15. The van der Waals surface area contributed by atoms with E-state index in [1.54, 1.807) is 0 Å². The van der Waals surface area contributed by atoms with Crippen LogP contribution in [0.25, 0.3) is 0 Å². The Kier molecular flexibility index (Phi) is 5.46. The van der Waals surface area contributed by atoms with Crippen molar-refractivity contribution >= 4 is 17.3 Å². The summed E-state index contributed by atoms with van der Waals surface area (Å²) in [6.45, 7) is 3.31. The maximum Gasteiger partial charge on any atom is 0.224 e. The first-order valence-corrected chi connectivity index (χ1v) is 8.42. The van der Waals surface area contributed by atoms with Gasteiger partial charge in [-0.05, 0) is 29.8 Å². The standard InChI is InChI=1S/C20H22N4O/c1-2-20(25)23-19-10-8-18(9-11-19)21-12-17-13-22-24(15-17)14-16-6-4-3-5-7-16/h3-11,13,15,21H,2,12,14H2,1H3,(H,23,25). The van der Waals surface area contributed by atoms with E-state index in [0.717, 1.165) is 23.5 Å². The van der Waals surface area contributed by atoms with Crippen molar-refractivity contribution in [3.63, 3.8) is 0 Å². The number of anilines is 2. The lowest BCUT2D eigenvalue weighted by Crippen LogP contribution is -2.09. The molecule has 3 rings (SSSR count). The van der Waals surface area contributed by atoms with Crippen LogP contribution in [-0.4, -0.2) is 15.7 Å². The smallest absolute Gasteiger partial charge is 0.224 e. The quantitative estimate of drug-likeness (QED) is 0.689. The summed E-state index contributed by atoms with van der Waals surface area (Å²) >= 11 is 0. The molecule has 0 aliphatic rings. The zero-order valence-corrected chi connectivity index (χ0v) is 14.3. The molecule has 0 aliphatic heterocycles. The lowest BCUT2D eigenvalue weighted by Gasteiger charge is -2.07. The van der Waals surface area contributed by atoms with E-state index in [2.05, 4.69) is 34.1 Å². The third-order valence-electron chi connectivity index (χ3n) is 3.86. The van der Waals surface area contributed by atoms with E-state index in [4.69, 9.17) is 0 Å². The van der Waals surface area contributed by atoms with Crippen molar-refractivity contribution < 1.29 is 4.79 Å². The molecular weight excluding hydrogens is 312 g/mol. The Labute approximate surface area is 147 Å². The third-order valence-corrected chi connectivity index (χ3v) is 3.86. The van der Waals surface area contributed by atoms with Crippen LogP contribution in [0.2, 0.25) is 0 Å². The zero-order chi connectivity index (χ0) is 17.5. The van der Waals surface area contributed by atoms with E-state index in [0.29, 0.717) is 13.0 Å². The summed E-state index contributed by atoms with van der Waals surface area (Å²) in [6.07, 6.45) is 4.41. The average Bonchev–Trinajstić information content (AvgIpc) is 3.09. The molecule has 5 heteroatoms. The number of hydrogen-bond acceptors (Lipinski definition) is 3. The summed E-state index contributed by atoms with van der Waals surface area (Å²) in [5, 5.41) is 10.6. The molecule has 0 spiro atoms. The second-order valence-corrected chi connectivity index (χ2v) is 5.86. The number of rotatable bonds is 7. The predicted molar refractivity (Wildman–Crippen MR) is 100 cm³/mol. The van der Waals surface area contributed by atoms with E-state index < -0.39 is 0 Å². The SMILES string of the molecule is CCC(=O)Nc1ccc(NCc2cnn(Cc3ccccc3)c2)cc1. The third kappa shape index (κ3) is 4.94. The first-order chi connectivity index (χ1) is 12.2. The van der Waals surface area contributed by atoms with E-state index in [9.17, 15) is 4.79 Å². The minimum Gasteiger partial charge on any atom is -0.381 e. The van der Waals surface area contributed by atoms with Gasteiger partial charge < -0.3 is 10.6 Å². The average molecular weight is 334 g/mol. The molecule has 2 aromatic carbocycles. The highest BCUT2D eigenvalue weighted by molar-refractivity contribution is 5.90. The van der Waals surface area contributed by atoms with Gasteiger partial charge in [0.2, 0.25) is 5.91 Å². The molecular formula is C20H22N4O. The van der Waals surface area contributed by atoms with Crippen molar-refractivity contribution in [1.82, 2.24) is 9.78 Å². The monoisotopic (exact) mass is 334 g/mol. The van der Waals surface area contributed by atoms with Crippen LogP contribution in [0.3, 0.4) is 0 Å². The first kappa shape index (κ1) is 16.8. The molecule has 2 N–H and O–H groups in total. The molecule has 1 aromatic heterocycles. The molecule has 0 bridgehead atoms. The Bertz CT molecular complexity index is 809. The van der Waals surface area contributed by atoms with Gasteiger partial charge in [-0.15, -0.1) is 0 Å². The molecule has 0 aliphatic carbocycles. The van der Waals surface area contributed by atoms with Crippen LogP contribution in [0, 0.1) is 0 Å². The minimum atomic E-state index is 0.0199. The van der Waals surface area contributed by atoms with Gasteiger partial charge in [0.1, 0.15) is 0 Å². The van der Waals surface area contributed by atoms with Crippen molar-refractivity contribution in [3.05, 3.63) is 78.1 Å². The molecule has 0 unspecified atom stereocenters. The van der Waals surface area contributed by atoms with Gasteiger partial charge in [-0.3, -0.25) is 9.48 Å². The number of carbonyl (C=O) groups excluding carboxylic acids is 1. The largest absolute Gasteiger partial charge is 0.381 e. The second-order valence-electron chi connectivity index (χ2n) is 5.86. The number of nitrogens with one attached hydrogen (secondary N) is 2. The minimum absolute atomic E-state index is 0.0199. The molecule has 25 heavy (non-hydrogen) atoms. The molecule has 128 valence electrons. The Morgan fingerprint density at radius 3 is 2.44 bits per heavy atom. The molecule has 0 saturated heterocycles. The summed E-state index contributed by atoms with van der Waals surface area (Å²) in [4.78, 5) is 11.4. The van der Waals surface area contributed by atoms with E-state index >= 15 is 0 Å². The predicted octanol–water partition coefficient (Wildman–Crippen LogP) is 3.89. The summed E-state index contributed by atoms with van der Waals surface area (Å²) in [7, 11) is 0. The van der Waals surface area contributed by atoms with Crippen LogP contribution in [0.1, 0.15) is 24.5 Å². The number of nitrogens with zero attached hydrogens (tertiary/aromatic N) is 2. The number of hydrogen-bond donors (Lipinski definition) is 2. The van der Waals surface area contributed by atoms with Crippen LogP contribution in [0.4, 0.5) is 11.4 Å². The maximum absolute atomic E-state index is 11.4. The van der Waals surface area contributed by atoms with Gasteiger partial charge in [-0.2, -0.15) is 5.10 Å². The van der Waals surface area contributed by atoms with Crippen LogP contribution in [0.15, 0.2) is 67.0 Å². The van der Waals surface area contributed by atoms with Gasteiger partial charge in [0.25, 0.3) is 0 Å². The van der Waals surface area contributed by atoms with E-state index in [-0.39, 0.29) is 5.91 Å². The normalized spacial score (nSPS) is 10.4. The topological polar surface area (TPSA) is 59.0 Å². The summed E-state index contributed by atoms with van der Waals surface area (Å²) < 4.78 is 1.94. The Balaban J connectivity index is 1.52. The maximum atomic E-state index is 11.4. The molecule has 3 aromatic rings. The van der Waals surface area contributed by atoms with Crippen molar-refractivity contribution in [2.24, 2.45) is 0 Å². The van der Waals surface area contributed by atoms with E-state index in [1.165, 1.54) is 5.56 Å². The van der Waals surface area contributed by atoms with Crippen LogP contribution >= 0.6 is 0 Å². The Hall–Kier alpha value is -3.08. The van der Waals surface area contributed by atoms with Crippen LogP contribution < -0.4 is 10.6 Å². The van der Waals surface area contributed by atoms with Crippen molar-refractivity contribution in [2.45, 2.75) is 26.4 Å². The first-order valence-electron chi connectivity index (χ1n) is 8.42. The van der Waals surface area contributed by atoms with Gasteiger partial charge in [-0.1, -0.05) is 37.3 Å². The van der Waals surface area contributed by atoms with Crippen molar-refractivity contribution in [1.29, 1.82) is 0 Å². The number of aromatic nitrogens is 2. The van der Waals surface area contributed by atoms with Gasteiger partial charge in [0, 0.05) is 36.1 Å². The molecule has 1 amide bonds. The summed E-state index contributed by atoms with van der Waals surface area (Å²) in [5.41, 5.74) is 4.17. The highest BCUT2D eigenvalue weighted by atomic mass is 16.1. The van der Waals surface area contributed by atoms with Gasteiger partial charge in [-0.25, -0.2) is 0 Å². The molecule has 0 radical (unpaired) electrons. The zero-order valence-electron chi connectivity index (χ0n) is 14.3. The van der Waals surface area contributed by atoms with Gasteiger partial charge in [0.05, 0.1) is 12.7 Å². The highest BCUT2D eigenvalue weighted by Gasteiger charge is 2.02.